The first-order chi connectivity index (χ1) is 3.70. The summed E-state index contributed by atoms with van der Waals surface area (Å²) < 4.78 is 14.0. The Hall–Kier alpha value is -0.0800. The molecule has 1 aliphatic rings. The Morgan fingerprint density at radius 2 is 2.83 bits per heavy atom. The molecule has 1 fully saturated rings. The van der Waals surface area contributed by atoms with E-state index in [-0.39, 0.29) is 0 Å². The molecule has 0 spiro atoms. The van der Waals surface area contributed by atoms with E-state index < -0.39 is 19.1 Å². The van der Waals surface area contributed by atoms with Gasteiger partial charge in [-0.3, -0.25) is 0 Å². The maximum absolute atomic E-state index is 8.80. The summed E-state index contributed by atoms with van der Waals surface area (Å²) in [6, 6.07) is 0. The SMILES string of the molecule is [2H]C1CC(O)C([2H])N1. The maximum atomic E-state index is 8.80. The number of hydrogen-bond acceptors (Lipinski definition) is 2. The van der Waals surface area contributed by atoms with Gasteiger partial charge in [-0.2, -0.15) is 0 Å². The third kappa shape index (κ3) is 0.698. The van der Waals surface area contributed by atoms with Crippen molar-refractivity contribution in [2.45, 2.75) is 12.5 Å². The van der Waals surface area contributed by atoms with E-state index in [0.717, 1.165) is 0 Å². The topological polar surface area (TPSA) is 32.3 Å². The minimum absolute atomic E-state index is 0.383. The smallest absolute Gasteiger partial charge is 0.0676 e. The molecule has 2 heteroatoms. The van der Waals surface area contributed by atoms with Gasteiger partial charge in [-0.25, -0.2) is 0 Å². The Morgan fingerprint density at radius 3 is 3.00 bits per heavy atom. The largest absolute Gasteiger partial charge is 0.392 e. The number of hydrogen-bond donors (Lipinski definition) is 2. The van der Waals surface area contributed by atoms with E-state index in [4.69, 9.17) is 7.85 Å². The molecular weight excluding hydrogens is 78.1 g/mol. The molecule has 0 aromatic carbocycles. The normalized spacial score (nSPS) is 63.8. The van der Waals surface area contributed by atoms with Gasteiger partial charge in [0, 0.05) is 9.26 Å². The van der Waals surface area contributed by atoms with Gasteiger partial charge < -0.3 is 10.4 Å². The van der Waals surface area contributed by atoms with Gasteiger partial charge in [-0.1, -0.05) is 0 Å². The number of nitrogens with one attached hydrogen (secondary N) is 1. The van der Waals surface area contributed by atoms with Gasteiger partial charge in [-0.15, -0.1) is 0 Å². The minimum atomic E-state index is -0.641. The van der Waals surface area contributed by atoms with Crippen molar-refractivity contribution in [3.05, 3.63) is 0 Å². The second kappa shape index (κ2) is 1.58. The molecule has 36 valence electrons. The molecule has 0 aromatic rings. The second-order valence-corrected chi connectivity index (χ2v) is 1.34. The van der Waals surface area contributed by atoms with E-state index in [1.165, 1.54) is 0 Å². The molecule has 0 aromatic heterocycles. The summed E-state index contributed by atoms with van der Waals surface area (Å²) in [5.74, 6) is 0. The fraction of sp³-hybridized carbons (Fsp3) is 1.00. The van der Waals surface area contributed by atoms with Gasteiger partial charge in [0.15, 0.2) is 0 Å². The van der Waals surface area contributed by atoms with Crippen LogP contribution < -0.4 is 5.32 Å². The Balaban J connectivity index is 2.39. The first-order valence-electron chi connectivity index (χ1n) is 3.14. The van der Waals surface area contributed by atoms with Crippen LogP contribution in [-0.4, -0.2) is 24.3 Å². The molecule has 1 heterocycles. The predicted octanol–water partition coefficient (Wildman–Crippen LogP) is -0.659. The van der Waals surface area contributed by atoms with Crippen molar-refractivity contribution in [1.29, 1.82) is 0 Å². The lowest BCUT2D eigenvalue weighted by Crippen LogP contribution is -2.11. The van der Waals surface area contributed by atoms with Crippen molar-refractivity contribution in [3.63, 3.8) is 0 Å². The third-order valence-corrected chi connectivity index (χ3v) is 0.766. The molecule has 3 unspecified atom stereocenters. The van der Waals surface area contributed by atoms with Gasteiger partial charge in [0.25, 0.3) is 0 Å². The number of rotatable bonds is 0. The van der Waals surface area contributed by atoms with E-state index in [0.29, 0.717) is 6.42 Å². The van der Waals surface area contributed by atoms with E-state index in [9.17, 15) is 0 Å². The molecule has 3 atom stereocenters. The van der Waals surface area contributed by atoms with Gasteiger partial charge >= 0.3 is 0 Å². The van der Waals surface area contributed by atoms with Crippen LogP contribution in [0.15, 0.2) is 0 Å². The number of aliphatic hydroxyl groups is 1. The molecule has 0 radical (unpaired) electrons. The van der Waals surface area contributed by atoms with Crippen molar-refractivity contribution < 1.29 is 7.85 Å². The van der Waals surface area contributed by atoms with Crippen LogP contribution in [0.3, 0.4) is 0 Å². The maximum Gasteiger partial charge on any atom is 0.0676 e. The standard InChI is InChI=1S/C4H9NO/c6-4-1-2-5-3-4/h4-6H,1-3H2/i2D,3D. The summed E-state index contributed by atoms with van der Waals surface area (Å²) in [5.41, 5.74) is 0. The van der Waals surface area contributed by atoms with Crippen molar-refractivity contribution in [1.82, 2.24) is 5.32 Å². The Labute approximate surface area is 40.0 Å². The van der Waals surface area contributed by atoms with Crippen molar-refractivity contribution >= 4 is 0 Å². The molecule has 0 aliphatic carbocycles. The van der Waals surface area contributed by atoms with E-state index >= 15 is 0 Å². The zero-order valence-electron chi connectivity index (χ0n) is 5.39. The molecule has 0 saturated carbocycles. The Morgan fingerprint density at radius 1 is 2.00 bits per heavy atom. The number of β-amino-alcohol motifs (C(OH)–C–C–N with tert-alkyl or cyclic N) is 1. The third-order valence-electron chi connectivity index (χ3n) is 0.766. The van der Waals surface area contributed by atoms with E-state index in [2.05, 4.69) is 5.32 Å². The molecular formula is C4H9NO. The van der Waals surface area contributed by atoms with Gasteiger partial charge in [0.05, 0.1) is 6.10 Å². The van der Waals surface area contributed by atoms with Crippen LogP contribution in [0.2, 0.25) is 0 Å². The minimum Gasteiger partial charge on any atom is -0.392 e. The van der Waals surface area contributed by atoms with Crippen molar-refractivity contribution in [3.8, 4) is 0 Å². The summed E-state index contributed by atoms with van der Waals surface area (Å²) in [5, 5.41) is 11.3. The van der Waals surface area contributed by atoms with Crippen LogP contribution in [-0.2, 0) is 0 Å². The van der Waals surface area contributed by atoms with E-state index in [1.54, 1.807) is 0 Å². The highest BCUT2D eigenvalue weighted by atomic mass is 16.3. The first kappa shape index (κ1) is 2.28. The number of aliphatic hydroxyl groups excluding tert-OH is 1. The lowest BCUT2D eigenvalue weighted by Gasteiger charge is -1.90. The quantitative estimate of drug-likeness (QED) is 0.413. The average molecular weight is 89.1 g/mol. The monoisotopic (exact) mass is 89.1 g/mol. The molecule has 1 rings (SSSR count). The summed E-state index contributed by atoms with van der Waals surface area (Å²) in [6.07, 6.45) is -0.258. The lowest BCUT2D eigenvalue weighted by molar-refractivity contribution is 0.196. The van der Waals surface area contributed by atoms with Crippen LogP contribution in [0.1, 0.15) is 9.16 Å². The highest BCUT2D eigenvalue weighted by molar-refractivity contribution is 4.67. The summed E-state index contributed by atoms with van der Waals surface area (Å²) in [6.45, 7) is -1.08. The van der Waals surface area contributed by atoms with Crippen molar-refractivity contribution in [2.24, 2.45) is 0 Å². The molecule has 1 aliphatic heterocycles. The fourth-order valence-electron chi connectivity index (χ4n) is 0.436. The fourth-order valence-corrected chi connectivity index (χ4v) is 0.436. The summed E-state index contributed by atoms with van der Waals surface area (Å²) in [7, 11) is 0. The van der Waals surface area contributed by atoms with Crippen LogP contribution >= 0.6 is 0 Å². The first-order valence-corrected chi connectivity index (χ1v) is 1.99. The van der Waals surface area contributed by atoms with E-state index in [1.807, 2.05) is 0 Å². The summed E-state index contributed by atoms with van der Waals surface area (Å²) >= 11 is 0. The van der Waals surface area contributed by atoms with Crippen LogP contribution in [0, 0.1) is 0 Å². The van der Waals surface area contributed by atoms with Gasteiger partial charge in [-0.05, 0) is 12.9 Å². The Kier molecular flexibility index (Phi) is 0.601. The highest BCUT2D eigenvalue weighted by Crippen LogP contribution is 1.93. The molecule has 2 N–H and O–H groups in total. The predicted molar refractivity (Wildman–Crippen MR) is 23.5 cm³/mol. The van der Waals surface area contributed by atoms with Gasteiger partial charge in [0.2, 0.25) is 0 Å². The zero-order chi connectivity index (χ0) is 6.15. The zero-order valence-corrected chi connectivity index (χ0v) is 3.39. The molecule has 2 nitrogen and oxygen atoms in total. The molecule has 0 amide bonds. The molecule has 0 bridgehead atoms. The Bertz CT molecular complexity index is 80.1. The second-order valence-electron chi connectivity index (χ2n) is 1.34. The van der Waals surface area contributed by atoms with Crippen molar-refractivity contribution in [2.75, 3.05) is 13.0 Å². The van der Waals surface area contributed by atoms with Gasteiger partial charge in [0.1, 0.15) is 0 Å². The lowest BCUT2D eigenvalue weighted by atomic mass is 10.3. The summed E-state index contributed by atoms with van der Waals surface area (Å²) in [4.78, 5) is 0. The molecule has 6 heavy (non-hydrogen) atoms. The van der Waals surface area contributed by atoms with Crippen LogP contribution in [0.5, 0.6) is 0 Å². The van der Waals surface area contributed by atoms with Crippen LogP contribution in [0.25, 0.3) is 0 Å². The average Bonchev–Trinajstić information content (AvgIpc) is 1.85. The van der Waals surface area contributed by atoms with Crippen LogP contribution in [0.4, 0.5) is 0 Å². The molecule has 1 saturated heterocycles. The highest BCUT2D eigenvalue weighted by Gasteiger charge is 2.08.